The number of aryl methyl sites for hydroxylation is 3. The predicted molar refractivity (Wildman–Crippen MR) is 108 cm³/mol. The van der Waals surface area contributed by atoms with E-state index in [2.05, 4.69) is 10.4 Å². The summed E-state index contributed by atoms with van der Waals surface area (Å²) in [6, 6.07) is 2.60. The number of aromatic nitrogens is 2. The van der Waals surface area contributed by atoms with Crippen molar-refractivity contribution in [2.75, 3.05) is 19.6 Å². The van der Waals surface area contributed by atoms with E-state index in [1.165, 1.54) is 12.1 Å². The Morgan fingerprint density at radius 3 is 2.48 bits per heavy atom. The van der Waals surface area contributed by atoms with Crippen molar-refractivity contribution in [1.82, 2.24) is 20.0 Å². The van der Waals surface area contributed by atoms with E-state index in [0.717, 1.165) is 30.8 Å². The largest absolute Gasteiger partial charge is 0.456 e. The smallest absolute Gasteiger partial charge is 0.289 e. The average Bonchev–Trinajstić information content (AvgIpc) is 2.98. The summed E-state index contributed by atoms with van der Waals surface area (Å²) in [5.41, 5.74) is 2.03. The number of nitrogens with one attached hydrogen (secondary N) is 1. The minimum Gasteiger partial charge on any atom is -0.456 e. The lowest BCUT2D eigenvalue weighted by Gasteiger charge is -2.31. The lowest BCUT2D eigenvalue weighted by molar-refractivity contribution is 0.0649. The fourth-order valence-corrected chi connectivity index (χ4v) is 3.86. The molecule has 1 fully saturated rings. The first-order valence-electron chi connectivity index (χ1n) is 10.0. The Bertz CT molecular complexity index is 968. The molecule has 156 valence electrons. The number of carbonyl (C=O) groups is 2. The van der Waals surface area contributed by atoms with E-state index in [4.69, 9.17) is 4.42 Å². The molecule has 1 aliphatic rings. The van der Waals surface area contributed by atoms with Crippen molar-refractivity contribution >= 4 is 11.8 Å². The molecule has 0 aromatic carbocycles. The highest BCUT2D eigenvalue weighted by Gasteiger charge is 2.26. The fraction of sp³-hybridized carbons (Fsp3) is 0.524. The standard InChI is InChI=1S/C21H28N4O4/c1-5-25-15(4)19(14(3)23-25)20(27)22-12-16-6-8-24(9-7-16)21(28)18-11-17(26)10-13(2)29-18/h10-11,16H,5-9,12H2,1-4H3,(H,22,27). The molecule has 2 aromatic rings. The fourth-order valence-electron chi connectivity index (χ4n) is 3.86. The lowest BCUT2D eigenvalue weighted by Crippen LogP contribution is -2.41. The van der Waals surface area contributed by atoms with Gasteiger partial charge in [0.1, 0.15) is 5.76 Å². The summed E-state index contributed by atoms with van der Waals surface area (Å²) in [6.07, 6.45) is 1.57. The highest BCUT2D eigenvalue weighted by molar-refractivity contribution is 5.96. The Kier molecular flexibility index (Phi) is 6.20. The van der Waals surface area contributed by atoms with Crippen molar-refractivity contribution in [1.29, 1.82) is 0 Å². The number of hydrogen-bond acceptors (Lipinski definition) is 5. The molecular formula is C21H28N4O4. The molecule has 0 bridgehead atoms. The predicted octanol–water partition coefficient (Wildman–Crippen LogP) is 2.06. The van der Waals surface area contributed by atoms with Gasteiger partial charge in [-0.05, 0) is 46.5 Å². The van der Waals surface area contributed by atoms with Gasteiger partial charge in [-0.25, -0.2) is 0 Å². The molecule has 0 radical (unpaired) electrons. The van der Waals surface area contributed by atoms with E-state index < -0.39 is 0 Å². The molecule has 0 unspecified atom stereocenters. The van der Waals surface area contributed by atoms with Crippen LogP contribution in [0.3, 0.4) is 0 Å². The zero-order chi connectivity index (χ0) is 21.1. The maximum Gasteiger partial charge on any atom is 0.289 e. The zero-order valence-corrected chi connectivity index (χ0v) is 17.4. The Balaban J connectivity index is 1.54. The van der Waals surface area contributed by atoms with Crippen LogP contribution in [0, 0.1) is 26.7 Å². The molecule has 2 aromatic heterocycles. The number of likely N-dealkylation sites (tertiary alicyclic amines) is 1. The Labute approximate surface area is 169 Å². The highest BCUT2D eigenvalue weighted by Crippen LogP contribution is 2.19. The number of rotatable bonds is 5. The Morgan fingerprint density at radius 2 is 1.90 bits per heavy atom. The summed E-state index contributed by atoms with van der Waals surface area (Å²) >= 11 is 0. The van der Waals surface area contributed by atoms with Crippen LogP contribution in [0.1, 0.15) is 57.8 Å². The first-order valence-corrected chi connectivity index (χ1v) is 10.0. The first kappa shape index (κ1) is 20.8. The summed E-state index contributed by atoms with van der Waals surface area (Å²) in [5.74, 6) is 0.455. The van der Waals surface area contributed by atoms with Crippen LogP contribution >= 0.6 is 0 Å². The van der Waals surface area contributed by atoms with E-state index in [1.54, 1.807) is 11.8 Å². The molecule has 29 heavy (non-hydrogen) atoms. The quantitative estimate of drug-likeness (QED) is 0.829. The van der Waals surface area contributed by atoms with Crippen molar-refractivity contribution < 1.29 is 14.0 Å². The summed E-state index contributed by atoms with van der Waals surface area (Å²) in [5, 5.41) is 7.42. The van der Waals surface area contributed by atoms with Crippen molar-refractivity contribution in [2.24, 2.45) is 5.92 Å². The van der Waals surface area contributed by atoms with E-state index in [0.29, 0.717) is 36.9 Å². The van der Waals surface area contributed by atoms with Crippen molar-refractivity contribution in [3.8, 4) is 0 Å². The van der Waals surface area contributed by atoms with Gasteiger partial charge in [-0.3, -0.25) is 19.1 Å². The molecule has 1 N–H and O–H groups in total. The third-order valence-corrected chi connectivity index (χ3v) is 5.46. The van der Waals surface area contributed by atoms with E-state index in [1.807, 2.05) is 25.5 Å². The molecule has 0 aliphatic carbocycles. The van der Waals surface area contributed by atoms with Crippen molar-refractivity contribution in [3.05, 3.63) is 50.8 Å². The lowest BCUT2D eigenvalue weighted by atomic mass is 9.96. The molecule has 3 heterocycles. The minimum atomic E-state index is -0.258. The Hall–Kier alpha value is -2.90. The van der Waals surface area contributed by atoms with Crippen LogP contribution in [0.25, 0.3) is 0 Å². The van der Waals surface area contributed by atoms with Gasteiger partial charge in [0.25, 0.3) is 11.8 Å². The summed E-state index contributed by atoms with van der Waals surface area (Å²) in [4.78, 5) is 38.5. The number of carbonyl (C=O) groups excluding carboxylic acids is 2. The number of hydrogen-bond donors (Lipinski definition) is 1. The molecule has 8 heteroatoms. The van der Waals surface area contributed by atoms with Crippen LogP contribution in [-0.2, 0) is 6.54 Å². The highest BCUT2D eigenvalue weighted by atomic mass is 16.3. The molecule has 3 rings (SSSR count). The zero-order valence-electron chi connectivity index (χ0n) is 17.4. The van der Waals surface area contributed by atoms with Gasteiger partial charge in [-0.2, -0.15) is 5.10 Å². The third-order valence-electron chi connectivity index (χ3n) is 5.46. The summed E-state index contributed by atoms with van der Waals surface area (Å²) in [7, 11) is 0. The SMILES string of the molecule is CCn1nc(C)c(C(=O)NCC2CCN(C(=O)c3cc(=O)cc(C)o3)CC2)c1C. The second kappa shape index (κ2) is 8.63. The van der Waals surface area contributed by atoms with Crippen LogP contribution in [0.2, 0.25) is 0 Å². The van der Waals surface area contributed by atoms with E-state index >= 15 is 0 Å². The first-order chi connectivity index (χ1) is 13.8. The minimum absolute atomic E-state index is 0.0839. The molecule has 0 atom stereocenters. The van der Waals surface area contributed by atoms with Gasteiger partial charge in [0.2, 0.25) is 0 Å². The van der Waals surface area contributed by atoms with Gasteiger partial charge in [0.15, 0.2) is 11.2 Å². The number of nitrogens with zero attached hydrogens (tertiary/aromatic N) is 3. The monoisotopic (exact) mass is 400 g/mol. The van der Waals surface area contributed by atoms with Crippen LogP contribution in [0.4, 0.5) is 0 Å². The Morgan fingerprint density at radius 1 is 1.21 bits per heavy atom. The van der Waals surface area contributed by atoms with Gasteiger partial charge in [-0.15, -0.1) is 0 Å². The topological polar surface area (TPSA) is 97.4 Å². The van der Waals surface area contributed by atoms with Gasteiger partial charge < -0.3 is 14.6 Å². The van der Waals surface area contributed by atoms with Gasteiger partial charge in [-0.1, -0.05) is 0 Å². The molecule has 1 saturated heterocycles. The second-order valence-electron chi connectivity index (χ2n) is 7.58. The summed E-state index contributed by atoms with van der Waals surface area (Å²) < 4.78 is 7.24. The molecule has 2 amide bonds. The molecule has 0 spiro atoms. The molecule has 1 aliphatic heterocycles. The van der Waals surface area contributed by atoms with Crippen LogP contribution < -0.4 is 10.7 Å². The normalized spacial score (nSPS) is 14.8. The molecule has 8 nitrogen and oxygen atoms in total. The number of piperidine rings is 1. The van der Waals surface area contributed by atoms with Crippen molar-refractivity contribution in [2.45, 2.75) is 47.1 Å². The van der Waals surface area contributed by atoms with Gasteiger partial charge >= 0.3 is 0 Å². The van der Waals surface area contributed by atoms with E-state index in [9.17, 15) is 14.4 Å². The van der Waals surface area contributed by atoms with Gasteiger partial charge in [0, 0.05) is 44.0 Å². The molecular weight excluding hydrogens is 372 g/mol. The average molecular weight is 400 g/mol. The maximum absolute atomic E-state index is 12.6. The van der Waals surface area contributed by atoms with Crippen molar-refractivity contribution in [3.63, 3.8) is 0 Å². The number of amides is 2. The van der Waals surface area contributed by atoms with Crippen LogP contribution in [0.15, 0.2) is 21.3 Å². The molecule has 0 saturated carbocycles. The van der Waals surface area contributed by atoms with Crippen LogP contribution in [0.5, 0.6) is 0 Å². The maximum atomic E-state index is 12.6. The summed E-state index contributed by atoms with van der Waals surface area (Å²) in [6.45, 7) is 9.85. The second-order valence-corrected chi connectivity index (χ2v) is 7.58. The van der Waals surface area contributed by atoms with Gasteiger partial charge in [0.05, 0.1) is 11.3 Å². The van der Waals surface area contributed by atoms with E-state index in [-0.39, 0.29) is 23.0 Å². The van der Waals surface area contributed by atoms with Crippen LogP contribution in [-0.4, -0.2) is 46.1 Å². The third kappa shape index (κ3) is 4.58.